The van der Waals surface area contributed by atoms with Crippen molar-refractivity contribution in [3.05, 3.63) is 182 Å². The molecular formula is C47H30N4. The van der Waals surface area contributed by atoms with Gasteiger partial charge in [0.05, 0.1) is 47.5 Å². The highest BCUT2D eigenvalue weighted by molar-refractivity contribution is 6.13. The van der Waals surface area contributed by atoms with Crippen LogP contribution in [0.1, 0.15) is 8.22 Å². The summed E-state index contributed by atoms with van der Waals surface area (Å²) in [5, 5.41) is 4.42. The van der Waals surface area contributed by atoms with E-state index in [-0.39, 0.29) is 51.9 Å². The van der Waals surface area contributed by atoms with Crippen LogP contribution in [0.15, 0.2) is 182 Å². The lowest BCUT2D eigenvalue weighted by Gasteiger charge is -2.12. The van der Waals surface area contributed by atoms with Gasteiger partial charge in [0, 0.05) is 43.7 Å². The standard InChI is InChI=1S/C47H30N4/c1-2-13-31(14-3-1)32-15-12-16-33(27-32)49-41-21-8-4-19-37(41)39-26-25-34(28-45(39)49)50-42-22-9-7-20-38(42)40-29-47(48-30-46(40)50)51-43-23-10-5-17-35(43)36-18-6-11-24-44(36)51/h1-30H/i7D,9D,20D,22D,29D,30D. The lowest BCUT2D eigenvalue weighted by Crippen LogP contribution is -1.99. The lowest BCUT2D eigenvalue weighted by atomic mass is 10.1. The second-order valence-electron chi connectivity index (χ2n) is 12.8. The third-order valence-electron chi connectivity index (χ3n) is 10.0. The van der Waals surface area contributed by atoms with Crippen molar-refractivity contribution in [1.82, 2.24) is 18.7 Å². The number of hydrogen-bond donors (Lipinski definition) is 0. The Labute approximate surface area is 302 Å². The van der Waals surface area contributed by atoms with Crippen LogP contribution in [0.4, 0.5) is 0 Å². The summed E-state index contributed by atoms with van der Waals surface area (Å²) in [6.45, 7) is 0. The van der Waals surface area contributed by atoms with Gasteiger partial charge in [-0.1, -0.05) is 121 Å². The first kappa shape index (κ1) is 22.7. The molecule has 0 N–H and O–H groups in total. The molecule has 0 atom stereocenters. The van der Waals surface area contributed by atoms with E-state index < -0.39 is 12.1 Å². The summed E-state index contributed by atoms with van der Waals surface area (Å²) in [5.41, 5.74) is 7.64. The van der Waals surface area contributed by atoms with Gasteiger partial charge in [0.15, 0.2) is 0 Å². The minimum atomic E-state index is -0.401. The molecule has 0 bridgehead atoms. The molecule has 4 aromatic heterocycles. The Kier molecular flexibility index (Phi) is 4.80. The molecule has 0 unspecified atom stereocenters. The second kappa shape index (κ2) is 10.8. The largest absolute Gasteiger partial charge is 0.309 e. The predicted octanol–water partition coefficient (Wildman–Crippen LogP) is 12.0. The highest BCUT2D eigenvalue weighted by Gasteiger charge is 2.19. The number of para-hydroxylation sites is 4. The second-order valence-corrected chi connectivity index (χ2v) is 12.8. The maximum Gasteiger partial charge on any atom is 0.138 e. The fourth-order valence-corrected chi connectivity index (χ4v) is 7.82. The quantitative estimate of drug-likeness (QED) is 0.185. The summed E-state index contributed by atoms with van der Waals surface area (Å²) >= 11 is 0. The monoisotopic (exact) mass is 656 g/mol. The van der Waals surface area contributed by atoms with Crippen molar-refractivity contribution in [2.75, 3.05) is 0 Å². The molecular weight excluding hydrogens is 621 g/mol. The zero-order valence-corrected chi connectivity index (χ0v) is 27.1. The number of nitrogens with zero attached hydrogens (tertiary/aromatic N) is 4. The van der Waals surface area contributed by atoms with Crippen molar-refractivity contribution in [2.45, 2.75) is 0 Å². The van der Waals surface area contributed by atoms with Gasteiger partial charge in [-0.15, -0.1) is 0 Å². The van der Waals surface area contributed by atoms with E-state index in [1.165, 1.54) is 0 Å². The zero-order valence-electron chi connectivity index (χ0n) is 33.1. The fourth-order valence-electron chi connectivity index (χ4n) is 7.82. The Morgan fingerprint density at radius 3 is 1.73 bits per heavy atom. The molecule has 0 radical (unpaired) electrons. The predicted molar refractivity (Wildman–Crippen MR) is 213 cm³/mol. The summed E-state index contributed by atoms with van der Waals surface area (Å²) in [7, 11) is 0. The summed E-state index contributed by atoms with van der Waals surface area (Å²) in [4.78, 5) is 4.83. The van der Waals surface area contributed by atoms with Gasteiger partial charge in [0.1, 0.15) is 5.82 Å². The highest BCUT2D eigenvalue weighted by Crippen LogP contribution is 2.39. The van der Waals surface area contributed by atoms with E-state index >= 15 is 0 Å². The topological polar surface area (TPSA) is 27.7 Å². The van der Waals surface area contributed by atoms with Gasteiger partial charge in [-0.3, -0.25) is 4.57 Å². The number of aromatic nitrogens is 4. The van der Waals surface area contributed by atoms with E-state index in [2.05, 4.69) is 47.0 Å². The van der Waals surface area contributed by atoms with Crippen LogP contribution in [0.25, 0.3) is 93.7 Å². The van der Waals surface area contributed by atoms with Crippen molar-refractivity contribution in [3.63, 3.8) is 0 Å². The van der Waals surface area contributed by atoms with E-state index in [0.717, 1.165) is 60.4 Å². The van der Waals surface area contributed by atoms with Crippen molar-refractivity contribution in [2.24, 2.45) is 0 Å². The molecule has 51 heavy (non-hydrogen) atoms. The minimum absolute atomic E-state index is 0.0331. The van der Waals surface area contributed by atoms with Crippen LogP contribution in [0.3, 0.4) is 0 Å². The van der Waals surface area contributed by atoms with E-state index in [1.54, 1.807) is 4.57 Å². The van der Waals surface area contributed by atoms with Crippen molar-refractivity contribution in [3.8, 4) is 28.3 Å². The van der Waals surface area contributed by atoms with E-state index in [9.17, 15) is 5.48 Å². The Balaban J connectivity index is 1.24. The first-order valence-corrected chi connectivity index (χ1v) is 16.9. The number of hydrogen-bond acceptors (Lipinski definition) is 1. The molecule has 238 valence electrons. The van der Waals surface area contributed by atoms with Crippen molar-refractivity contribution < 1.29 is 8.22 Å². The van der Waals surface area contributed by atoms with Gasteiger partial charge in [-0.25, -0.2) is 4.98 Å². The zero-order chi connectivity index (χ0) is 38.7. The normalized spacial score (nSPS) is 13.6. The summed E-state index contributed by atoms with van der Waals surface area (Å²) < 4.78 is 61.2. The van der Waals surface area contributed by atoms with Crippen molar-refractivity contribution in [1.29, 1.82) is 0 Å². The first-order valence-electron chi connectivity index (χ1n) is 19.9. The van der Waals surface area contributed by atoms with Crippen LogP contribution < -0.4 is 0 Å². The summed E-state index contributed by atoms with van der Waals surface area (Å²) in [5.74, 6) is 0.213. The summed E-state index contributed by atoms with van der Waals surface area (Å²) in [6, 6.07) is 47.2. The number of fused-ring (bicyclic) bond motifs is 9. The molecule has 0 aliphatic carbocycles. The van der Waals surface area contributed by atoms with E-state index in [0.29, 0.717) is 5.69 Å². The Morgan fingerprint density at radius 1 is 0.392 bits per heavy atom. The first-order chi connectivity index (χ1) is 27.8. The summed E-state index contributed by atoms with van der Waals surface area (Å²) in [6.07, 6.45) is -0.151. The molecule has 0 saturated carbocycles. The smallest absolute Gasteiger partial charge is 0.138 e. The molecule has 0 amide bonds. The molecule has 4 heterocycles. The van der Waals surface area contributed by atoms with Crippen LogP contribution in [0, 0.1) is 0 Å². The Bertz CT molecular complexity index is 3440. The molecule has 7 aromatic carbocycles. The average Bonchev–Trinajstić information content (AvgIpc) is 3.90. The maximum atomic E-state index is 9.82. The maximum absolute atomic E-state index is 9.82. The van der Waals surface area contributed by atoms with Crippen LogP contribution >= 0.6 is 0 Å². The van der Waals surface area contributed by atoms with Crippen LogP contribution in [-0.2, 0) is 0 Å². The van der Waals surface area contributed by atoms with Gasteiger partial charge in [-0.05, 0) is 65.7 Å². The third kappa shape index (κ3) is 4.11. The molecule has 4 heteroatoms. The number of benzene rings is 7. The molecule has 0 aliphatic heterocycles. The average molecular weight is 657 g/mol. The fraction of sp³-hybridized carbons (Fsp3) is 0. The van der Waals surface area contributed by atoms with Gasteiger partial charge in [0.2, 0.25) is 0 Å². The van der Waals surface area contributed by atoms with E-state index in [1.807, 2.05) is 108 Å². The molecule has 4 nitrogen and oxygen atoms in total. The van der Waals surface area contributed by atoms with Gasteiger partial charge in [0.25, 0.3) is 0 Å². The van der Waals surface area contributed by atoms with Crippen molar-refractivity contribution >= 4 is 65.4 Å². The molecule has 11 aromatic rings. The Morgan fingerprint density at radius 2 is 0.980 bits per heavy atom. The SMILES string of the molecule is [2H]c1c([2H])c([2H])c2c(c1[2H])c1c([2H])c(-n3c4ccccc4c4ccccc43)nc([2H])c1n2-c1ccc2c3ccccc3n(-c3cccc(-c4ccccc4)c3)c2c1. The van der Waals surface area contributed by atoms with Gasteiger partial charge in [-0.2, -0.15) is 0 Å². The number of pyridine rings is 1. The van der Waals surface area contributed by atoms with E-state index in [4.69, 9.17) is 7.73 Å². The molecule has 0 fully saturated rings. The number of rotatable bonds is 4. The molecule has 0 spiro atoms. The van der Waals surface area contributed by atoms with Gasteiger partial charge < -0.3 is 9.13 Å². The van der Waals surface area contributed by atoms with Crippen LogP contribution in [0.5, 0.6) is 0 Å². The highest BCUT2D eigenvalue weighted by atomic mass is 15.1. The molecule has 0 saturated heterocycles. The Hall–Kier alpha value is -6.91. The van der Waals surface area contributed by atoms with Crippen LogP contribution in [-0.4, -0.2) is 18.7 Å². The third-order valence-corrected chi connectivity index (χ3v) is 10.0. The molecule has 0 aliphatic rings. The van der Waals surface area contributed by atoms with Crippen LogP contribution in [0.2, 0.25) is 0 Å². The lowest BCUT2D eigenvalue weighted by molar-refractivity contribution is 1.08. The molecule has 11 rings (SSSR count). The van der Waals surface area contributed by atoms with Gasteiger partial charge >= 0.3 is 0 Å². The minimum Gasteiger partial charge on any atom is -0.309 e.